The van der Waals surface area contributed by atoms with Crippen molar-refractivity contribution in [2.24, 2.45) is 5.73 Å². The van der Waals surface area contributed by atoms with E-state index in [4.69, 9.17) is 10.8 Å². The van der Waals surface area contributed by atoms with Crippen molar-refractivity contribution in [1.29, 1.82) is 0 Å². The zero-order chi connectivity index (χ0) is 22.0. The SMILES string of the molecule is NC(CS(=O)(=O)NC(C(=O)NC1CN(S(=O)(=O)[O-])C1=O)c1ccccc1)C(=O)O.[Na+]. The van der Waals surface area contributed by atoms with E-state index in [1.54, 1.807) is 6.07 Å². The number of nitrogens with zero attached hydrogens (tertiary/aromatic N) is 1. The third kappa shape index (κ3) is 6.71. The van der Waals surface area contributed by atoms with Gasteiger partial charge in [0.15, 0.2) is 10.3 Å². The van der Waals surface area contributed by atoms with Crippen molar-refractivity contribution >= 4 is 38.1 Å². The maximum Gasteiger partial charge on any atom is 1.00 e. The van der Waals surface area contributed by atoms with Crippen LogP contribution in [0.25, 0.3) is 0 Å². The summed E-state index contributed by atoms with van der Waals surface area (Å²) in [5.41, 5.74) is 5.39. The number of nitrogens with one attached hydrogen (secondary N) is 2. The zero-order valence-corrected chi connectivity index (χ0v) is 19.2. The number of aliphatic carboxylic acids is 1. The number of sulfonamides is 1. The van der Waals surface area contributed by atoms with E-state index >= 15 is 0 Å². The second kappa shape index (κ2) is 10.1. The Hall–Kier alpha value is -1.59. The summed E-state index contributed by atoms with van der Waals surface area (Å²) >= 11 is 0. The number of rotatable bonds is 9. The molecule has 30 heavy (non-hydrogen) atoms. The quantitative estimate of drug-likeness (QED) is 0.151. The molecule has 3 unspecified atom stereocenters. The van der Waals surface area contributed by atoms with Gasteiger partial charge in [-0.25, -0.2) is 21.1 Å². The van der Waals surface area contributed by atoms with Crippen molar-refractivity contribution in [3.8, 4) is 0 Å². The fraction of sp³-hybridized carbons (Fsp3) is 0.357. The van der Waals surface area contributed by atoms with E-state index in [0.29, 0.717) is 0 Å². The largest absolute Gasteiger partial charge is 1.00 e. The molecule has 0 aliphatic carbocycles. The molecule has 13 nitrogen and oxygen atoms in total. The first kappa shape index (κ1) is 26.4. The predicted molar refractivity (Wildman–Crippen MR) is 95.1 cm³/mol. The summed E-state index contributed by atoms with van der Waals surface area (Å²) < 4.78 is 59.0. The smallest absolute Gasteiger partial charge is 0.731 e. The molecule has 0 spiro atoms. The average Bonchev–Trinajstić information content (AvgIpc) is 2.61. The van der Waals surface area contributed by atoms with E-state index in [9.17, 15) is 35.8 Å². The van der Waals surface area contributed by atoms with Crippen molar-refractivity contribution in [1.82, 2.24) is 14.3 Å². The van der Waals surface area contributed by atoms with Gasteiger partial charge in [0, 0.05) is 0 Å². The monoisotopic (exact) mass is 472 g/mol. The Morgan fingerprint density at radius 3 is 2.27 bits per heavy atom. The summed E-state index contributed by atoms with van der Waals surface area (Å²) in [4.78, 5) is 35.1. The molecule has 1 fully saturated rings. The van der Waals surface area contributed by atoms with E-state index < -0.39 is 68.5 Å². The molecule has 0 aromatic heterocycles. The van der Waals surface area contributed by atoms with Gasteiger partial charge in [-0.1, -0.05) is 30.3 Å². The minimum Gasteiger partial charge on any atom is -0.731 e. The molecule has 0 bridgehead atoms. The van der Waals surface area contributed by atoms with Crippen LogP contribution in [0, 0.1) is 0 Å². The summed E-state index contributed by atoms with van der Waals surface area (Å²) in [5, 5.41) is 10.9. The molecule has 3 atom stereocenters. The van der Waals surface area contributed by atoms with E-state index in [1.165, 1.54) is 24.3 Å². The first-order valence-electron chi connectivity index (χ1n) is 7.93. The Morgan fingerprint density at radius 1 is 1.23 bits per heavy atom. The number of hydrogen-bond acceptors (Lipinski definition) is 9. The van der Waals surface area contributed by atoms with Gasteiger partial charge in [0.2, 0.25) is 15.9 Å². The van der Waals surface area contributed by atoms with Gasteiger partial charge in [-0.2, -0.15) is 4.72 Å². The van der Waals surface area contributed by atoms with Crippen LogP contribution in [-0.4, -0.2) is 73.0 Å². The number of benzene rings is 1. The van der Waals surface area contributed by atoms with Crippen LogP contribution in [0.1, 0.15) is 11.6 Å². The number of carboxylic acid groups (broad SMARTS) is 1. The first-order chi connectivity index (χ1) is 13.3. The number of carboxylic acids is 1. The second-order valence-corrected chi connectivity index (χ2v) is 9.17. The number of carbonyl (C=O) groups is 3. The molecule has 1 saturated heterocycles. The van der Waals surface area contributed by atoms with Crippen molar-refractivity contribution in [2.75, 3.05) is 12.3 Å². The van der Waals surface area contributed by atoms with Gasteiger partial charge in [-0.3, -0.25) is 14.4 Å². The van der Waals surface area contributed by atoms with Gasteiger partial charge in [0.1, 0.15) is 18.1 Å². The molecule has 5 N–H and O–H groups in total. The summed E-state index contributed by atoms with van der Waals surface area (Å²) in [6.07, 6.45) is 0. The van der Waals surface area contributed by atoms with E-state index in [1.807, 2.05) is 4.72 Å². The van der Waals surface area contributed by atoms with Crippen LogP contribution >= 0.6 is 0 Å². The Balaban J connectivity index is 0.00000450. The maximum absolute atomic E-state index is 12.6. The van der Waals surface area contributed by atoms with Crippen molar-refractivity contribution < 1.29 is 70.4 Å². The fourth-order valence-electron chi connectivity index (χ4n) is 2.41. The Morgan fingerprint density at radius 2 is 1.80 bits per heavy atom. The van der Waals surface area contributed by atoms with Crippen LogP contribution in [0.15, 0.2) is 30.3 Å². The number of amides is 2. The maximum atomic E-state index is 12.6. The molecule has 0 radical (unpaired) electrons. The Labute approximate surface area is 194 Å². The number of carbonyl (C=O) groups excluding carboxylic acids is 2. The van der Waals surface area contributed by atoms with Gasteiger partial charge in [0.25, 0.3) is 5.91 Å². The molecule has 1 aromatic carbocycles. The van der Waals surface area contributed by atoms with Crippen molar-refractivity contribution in [3.05, 3.63) is 35.9 Å². The first-order valence-corrected chi connectivity index (χ1v) is 10.9. The summed E-state index contributed by atoms with van der Waals surface area (Å²) in [5.74, 6) is -4.74. The number of β-lactam (4-membered cyclic amide) rings is 1. The van der Waals surface area contributed by atoms with Crippen LogP contribution in [0.3, 0.4) is 0 Å². The predicted octanol–water partition coefficient (Wildman–Crippen LogP) is -6.15. The summed E-state index contributed by atoms with van der Waals surface area (Å²) in [6, 6.07) is 2.79. The van der Waals surface area contributed by atoms with Crippen molar-refractivity contribution in [3.63, 3.8) is 0 Å². The van der Waals surface area contributed by atoms with Gasteiger partial charge >= 0.3 is 35.5 Å². The van der Waals surface area contributed by atoms with Crippen LogP contribution < -0.4 is 45.3 Å². The summed E-state index contributed by atoms with van der Waals surface area (Å²) in [7, 11) is -9.35. The third-order valence-electron chi connectivity index (χ3n) is 3.89. The topological polar surface area (TPSA) is 216 Å². The van der Waals surface area contributed by atoms with Gasteiger partial charge in [-0.15, -0.1) is 0 Å². The minimum absolute atomic E-state index is 0. The van der Waals surface area contributed by atoms with Gasteiger partial charge < -0.3 is 20.7 Å². The third-order valence-corrected chi connectivity index (χ3v) is 6.15. The molecule has 2 rings (SSSR count). The summed E-state index contributed by atoms with van der Waals surface area (Å²) in [6.45, 7) is -0.589. The molecule has 0 saturated carbocycles. The second-order valence-electron chi connectivity index (χ2n) is 6.08. The molecular formula is C14H17N4NaO9S2. The average molecular weight is 472 g/mol. The van der Waals surface area contributed by atoms with E-state index in [2.05, 4.69) is 5.32 Å². The fourth-order valence-corrected chi connectivity index (χ4v) is 4.41. The normalized spacial score (nSPS) is 18.5. The van der Waals surface area contributed by atoms with Gasteiger partial charge in [-0.05, 0) is 5.56 Å². The molecule has 2 amide bonds. The molecule has 1 aromatic rings. The number of nitrogens with two attached hydrogens (primary N) is 1. The van der Waals surface area contributed by atoms with Crippen LogP contribution in [-0.2, 0) is 34.7 Å². The van der Waals surface area contributed by atoms with Crippen LogP contribution in [0.2, 0.25) is 0 Å². The molecule has 160 valence electrons. The molecule has 1 heterocycles. The van der Waals surface area contributed by atoms with Crippen molar-refractivity contribution in [2.45, 2.75) is 18.1 Å². The molecule has 1 aliphatic rings. The van der Waals surface area contributed by atoms with Gasteiger partial charge in [0.05, 0.1) is 12.3 Å². The zero-order valence-electron chi connectivity index (χ0n) is 15.6. The molecule has 16 heteroatoms. The van der Waals surface area contributed by atoms with E-state index in [0.717, 1.165) is 0 Å². The minimum atomic E-state index is -5.01. The molecule has 1 aliphatic heterocycles. The number of hydrogen-bond donors (Lipinski definition) is 4. The molecular weight excluding hydrogens is 455 g/mol. The van der Waals surface area contributed by atoms with Crippen LogP contribution in [0.4, 0.5) is 0 Å². The van der Waals surface area contributed by atoms with Crippen LogP contribution in [0.5, 0.6) is 0 Å². The Kier molecular flexibility index (Phi) is 8.94. The van der Waals surface area contributed by atoms with E-state index in [-0.39, 0.29) is 39.4 Å². The standard InChI is InChI=1S/C14H18N4O9S2.Na/c15-9(14(21)22)7-28(23,24)17-11(8-4-2-1-3-5-8)12(19)16-10-6-18(13(10)20)29(25,26)27;/h1-5,9-11,17H,6-7,15H2,(H,16,19)(H,21,22)(H,25,26,27);/q;+1/p-1. The Bertz CT molecular complexity index is 1020.